The van der Waals surface area contributed by atoms with E-state index in [1.54, 1.807) is 5.19 Å². The third-order valence-corrected chi connectivity index (χ3v) is 6.90. The Balaban J connectivity index is 0.00000192. The Hall–Kier alpha value is -1.27. The molecule has 2 aromatic carbocycles. The van der Waals surface area contributed by atoms with Gasteiger partial charge in [0.25, 0.3) is 0 Å². The Morgan fingerprint density at radius 3 is 2.30 bits per heavy atom. The molecular weight excluding hydrogens is 334 g/mol. The molecular formula is C20H24CrNSi-. The first-order valence-corrected chi connectivity index (χ1v) is 11.4. The zero-order valence-corrected chi connectivity index (χ0v) is 17.1. The maximum atomic E-state index is 4.68. The van der Waals surface area contributed by atoms with E-state index in [0.29, 0.717) is 0 Å². The molecule has 0 amide bonds. The van der Waals surface area contributed by atoms with Crippen molar-refractivity contribution in [1.29, 1.82) is 0 Å². The molecule has 0 unspecified atom stereocenters. The van der Waals surface area contributed by atoms with E-state index in [1.165, 1.54) is 33.2 Å². The van der Waals surface area contributed by atoms with Crippen molar-refractivity contribution in [2.75, 3.05) is 0 Å². The van der Waals surface area contributed by atoms with Crippen LogP contribution in [0.5, 0.6) is 0 Å². The van der Waals surface area contributed by atoms with Crippen LogP contribution < -0.4 is 5.19 Å². The number of hydrogen-bond acceptors (Lipinski definition) is 1. The number of para-hydroxylation sites is 1. The Kier molecular flexibility index (Phi) is 4.97. The first-order chi connectivity index (χ1) is 10.3. The van der Waals surface area contributed by atoms with Gasteiger partial charge in [-0.2, -0.15) is 10.8 Å². The Morgan fingerprint density at radius 1 is 1.00 bits per heavy atom. The Morgan fingerprint density at radius 2 is 1.65 bits per heavy atom. The molecule has 0 spiro atoms. The fourth-order valence-electron chi connectivity index (χ4n) is 3.61. The van der Waals surface area contributed by atoms with Gasteiger partial charge in [-0.1, -0.05) is 70.2 Å². The molecule has 23 heavy (non-hydrogen) atoms. The van der Waals surface area contributed by atoms with Gasteiger partial charge in [0.05, 0.1) is 0 Å². The summed E-state index contributed by atoms with van der Waals surface area (Å²) in [5, 5.41) is 2.82. The van der Waals surface area contributed by atoms with Crippen LogP contribution >= 0.6 is 0 Å². The van der Waals surface area contributed by atoms with Crippen molar-refractivity contribution in [3.8, 4) is 11.1 Å². The zero-order valence-electron chi connectivity index (χ0n) is 14.8. The smallest absolute Gasteiger partial charge is 0.0366 e. The fraction of sp³-hybridized carbons (Fsp3) is 0.300. The number of hydrogen-bond donors (Lipinski definition) is 0. The molecule has 1 nitrogen and oxygen atoms in total. The maximum absolute atomic E-state index is 4.68. The third-order valence-electron chi connectivity index (χ3n) is 4.78. The van der Waals surface area contributed by atoms with E-state index in [1.807, 2.05) is 12.3 Å². The van der Waals surface area contributed by atoms with Crippen molar-refractivity contribution in [1.82, 2.24) is 4.98 Å². The van der Waals surface area contributed by atoms with E-state index in [2.05, 4.69) is 69.7 Å². The summed E-state index contributed by atoms with van der Waals surface area (Å²) >= 11 is 0. The van der Waals surface area contributed by atoms with Gasteiger partial charge in [0.2, 0.25) is 0 Å². The van der Waals surface area contributed by atoms with Gasteiger partial charge < -0.3 is 0 Å². The average Bonchev–Trinajstić information content (AvgIpc) is 2.70. The summed E-state index contributed by atoms with van der Waals surface area (Å²) in [6.07, 6.45) is 1.90. The number of nitrogens with zero attached hydrogens (tertiary/aromatic N) is 1. The third kappa shape index (κ3) is 2.94. The topological polar surface area (TPSA) is 12.9 Å². The molecule has 0 atom stereocenters. The summed E-state index contributed by atoms with van der Waals surface area (Å²) in [4.78, 5) is 4.68. The number of rotatable bonds is 2. The number of pyridine rings is 1. The Bertz CT molecular complexity index is 851. The molecule has 0 aliphatic carbocycles. The minimum Gasteiger partial charge on any atom is -0.266 e. The zero-order chi connectivity index (χ0) is 16.1. The normalized spacial score (nSPS) is 11.6. The second kappa shape index (κ2) is 6.32. The first kappa shape index (κ1) is 18.1. The fourth-order valence-corrected chi connectivity index (χ4v) is 6.00. The first-order valence-electron chi connectivity index (χ1n) is 7.93. The van der Waals surface area contributed by atoms with Crippen LogP contribution in [0.25, 0.3) is 22.0 Å². The van der Waals surface area contributed by atoms with E-state index in [-0.39, 0.29) is 17.4 Å². The minimum absolute atomic E-state index is 0. The van der Waals surface area contributed by atoms with Gasteiger partial charge in [-0.15, -0.1) is 16.7 Å². The van der Waals surface area contributed by atoms with Crippen LogP contribution in [0, 0.1) is 20.8 Å². The Labute approximate surface area is 151 Å². The molecule has 3 aromatic rings. The van der Waals surface area contributed by atoms with Crippen LogP contribution in [0.15, 0.2) is 36.5 Å². The molecule has 0 bridgehead atoms. The molecule has 3 rings (SSSR count). The van der Waals surface area contributed by atoms with Crippen LogP contribution in [0.4, 0.5) is 0 Å². The van der Waals surface area contributed by atoms with E-state index >= 15 is 0 Å². The molecule has 120 valence electrons. The van der Waals surface area contributed by atoms with Crippen LogP contribution in [-0.4, -0.2) is 13.1 Å². The summed E-state index contributed by atoms with van der Waals surface area (Å²) < 4.78 is 0. The van der Waals surface area contributed by atoms with Crippen LogP contribution in [0.1, 0.15) is 16.7 Å². The molecule has 0 aliphatic heterocycles. The largest absolute Gasteiger partial charge is 0.266 e. The van der Waals surface area contributed by atoms with Gasteiger partial charge in [0, 0.05) is 37.1 Å². The van der Waals surface area contributed by atoms with Crippen molar-refractivity contribution in [2.45, 2.75) is 40.4 Å². The van der Waals surface area contributed by atoms with E-state index in [0.717, 1.165) is 5.52 Å². The molecule has 3 heteroatoms. The summed E-state index contributed by atoms with van der Waals surface area (Å²) in [5.41, 5.74) is 8.22. The second-order valence-corrected chi connectivity index (χ2v) is 12.3. The molecule has 0 radical (unpaired) electrons. The molecule has 1 heterocycles. The molecule has 0 saturated heterocycles. The van der Waals surface area contributed by atoms with E-state index in [4.69, 9.17) is 0 Å². The van der Waals surface area contributed by atoms with Gasteiger partial charge >= 0.3 is 0 Å². The SMILES string of the molecule is Cc1c([Si](C)(C)C)c(-c2cccc3cccnc23)[c-](C)c1C.[Cr]. The van der Waals surface area contributed by atoms with Gasteiger partial charge in [-0.3, -0.25) is 4.98 Å². The van der Waals surface area contributed by atoms with Gasteiger partial charge in [-0.25, -0.2) is 0 Å². The predicted octanol–water partition coefficient (Wildman–Crippen LogP) is 5.09. The van der Waals surface area contributed by atoms with E-state index in [9.17, 15) is 0 Å². The van der Waals surface area contributed by atoms with Crippen LogP contribution in [-0.2, 0) is 17.4 Å². The summed E-state index contributed by atoms with van der Waals surface area (Å²) in [5.74, 6) is 0. The van der Waals surface area contributed by atoms with Crippen LogP contribution in [0.2, 0.25) is 19.6 Å². The van der Waals surface area contributed by atoms with Crippen molar-refractivity contribution in [2.24, 2.45) is 0 Å². The second-order valence-electron chi connectivity index (χ2n) is 7.26. The average molecular weight is 359 g/mol. The molecule has 0 saturated carbocycles. The molecule has 0 fully saturated rings. The standard InChI is InChI=1S/C20H24NSi.Cr/c1-13-14(2)18(20(15(13)3)22(4,5)6)17-11-7-9-16-10-8-12-21-19(16)17;/h7-12H,1-6H3;/q-1;. The van der Waals surface area contributed by atoms with Gasteiger partial charge in [0.1, 0.15) is 0 Å². The predicted molar refractivity (Wildman–Crippen MR) is 100.0 cm³/mol. The summed E-state index contributed by atoms with van der Waals surface area (Å²) in [6, 6.07) is 10.7. The summed E-state index contributed by atoms with van der Waals surface area (Å²) in [6.45, 7) is 14.1. The number of benzene rings is 1. The van der Waals surface area contributed by atoms with Crippen molar-refractivity contribution >= 4 is 24.2 Å². The monoisotopic (exact) mass is 358 g/mol. The maximum Gasteiger partial charge on any atom is 0.0366 e. The van der Waals surface area contributed by atoms with Crippen LogP contribution in [0.3, 0.4) is 0 Å². The molecule has 0 aliphatic rings. The quantitative estimate of drug-likeness (QED) is 0.459. The number of fused-ring (bicyclic) bond motifs is 1. The van der Waals surface area contributed by atoms with Crippen molar-refractivity contribution < 1.29 is 17.4 Å². The van der Waals surface area contributed by atoms with Gasteiger partial charge in [0.15, 0.2) is 0 Å². The number of aromatic nitrogens is 1. The van der Waals surface area contributed by atoms with Gasteiger partial charge in [-0.05, 0) is 11.5 Å². The van der Waals surface area contributed by atoms with Crippen molar-refractivity contribution in [3.63, 3.8) is 0 Å². The molecule has 0 N–H and O–H groups in total. The summed E-state index contributed by atoms with van der Waals surface area (Å²) in [7, 11) is -1.43. The molecule has 1 aromatic heterocycles. The minimum atomic E-state index is -1.43. The van der Waals surface area contributed by atoms with E-state index < -0.39 is 8.07 Å². The van der Waals surface area contributed by atoms with Crippen molar-refractivity contribution in [3.05, 3.63) is 53.2 Å².